The summed E-state index contributed by atoms with van der Waals surface area (Å²) in [6.45, 7) is 4.93. The summed E-state index contributed by atoms with van der Waals surface area (Å²) in [5.74, 6) is -2.14. The van der Waals surface area contributed by atoms with E-state index in [-0.39, 0.29) is 25.7 Å². The number of allylic oxidation sites excluding steroid dienone is 4. The van der Waals surface area contributed by atoms with Gasteiger partial charge in [-0.3, -0.25) is 37.3 Å². The van der Waals surface area contributed by atoms with Crippen LogP contribution < -0.4 is 0 Å². The van der Waals surface area contributed by atoms with Gasteiger partial charge >= 0.3 is 39.5 Å². The van der Waals surface area contributed by atoms with Gasteiger partial charge in [0.2, 0.25) is 0 Å². The molecular formula is C77H146O17P2. The van der Waals surface area contributed by atoms with Crippen molar-refractivity contribution in [2.24, 2.45) is 0 Å². The van der Waals surface area contributed by atoms with Crippen LogP contribution in [0.3, 0.4) is 0 Å². The lowest BCUT2D eigenvalue weighted by Crippen LogP contribution is -2.30. The van der Waals surface area contributed by atoms with Gasteiger partial charge in [-0.15, -0.1) is 0 Å². The van der Waals surface area contributed by atoms with Gasteiger partial charge in [0.1, 0.15) is 19.3 Å². The van der Waals surface area contributed by atoms with Gasteiger partial charge in [-0.05, 0) is 77.0 Å². The molecule has 0 aromatic carbocycles. The average Bonchev–Trinajstić information content (AvgIpc) is 1.15. The number of unbranched alkanes of at least 4 members (excludes halogenated alkanes) is 46. The summed E-state index contributed by atoms with van der Waals surface area (Å²) in [6, 6.07) is 0. The molecule has 96 heavy (non-hydrogen) atoms. The van der Waals surface area contributed by atoms with E-state index in [1.165, 1.54) is 186 Å². The molecule has 566 valence electrons. The molecule has 0 spiro atoms. The van der Waals surface area contributed by atoms with E-state index in [9.17, 15) is 43.2 Å². The van der Waals surface area contributed by atoms with Crippen molar-refractivity contribution >= 4 is 39.5 Å². The van der Waals surface area contributed by atoms with Crippen LogP contribution in [0.1, 0.15) is 387 Å². The molecular weight excluding hydrogens is 1260 g/mol. The van der Waals surface area contributed by atoms with E-state index < -0.39 is 97.5 Å². The topological polar surface area (TPSA) is 237 Å². The highest BCUT2D eigenvalue weighted by Gasteiger charge is 2.30. The maximum absolute atomic E-state index is 13.1. The van der Waals surface area contributed by atoms with Crippen LogP contribution in [0.15, 0.2) is 24.3 Å². The highest BCUT2D eigenvalue weighted by molar-refractivity contribution is 7.47. The van der Waals surface area contributed by atoms with E-state index in [2.05, 4.69) is 52.0 Å². The third-order valence-corrected chi connectivity index (χ3v) is 19.3. The van der Waals surface area contributed by atoms with Crippen molar-refractivity contribution in [1.82, 2.24) is 0 Å². The van der Waals surface area contributed by atoms with Gasteiger partial charge < -0.3 is 33.8 Å². The molecule has 0 saturated heterocycles. The molecule has 17 nitrogen and oxygen atoms in total. The lowest BCUT2D eigenvalue weighted by atomic mass is 10.0. The Labute approximate surface area is 586 Å². The normalized spacial score (nSPS) is 14.0. The maximum atomic E-state index is 13.1. The van der Waals surface area contributed by atoms with Gasteiger partial charge in [0, 0.05) is 25.7 Å². The minimum atomic E-state index is -4.96. The van der Waals surface area contributed by atoms with Crippen LogP contribution in [-0.2, 0) is 65.4 Å². The minimum Gasteiger partial charge on any atom is -0.462 e. The number of rotatable bonds is 76. The predicted molar refractivity (Wildman–Crippen MR) is 391 cm³/mol. The summed E-state index contributed by atoms with van der Waals surface area (Å²) in [5, 5.41) is 10.6. The van der Waals surface area contributed by atoms with Crippen LogP contribution in [0.4, 0.5) is 0 Å². The van der Waals surface area contributed by atoms with Crippen molar-refractivity contribution in [1.29, 1.82) is 0 Å². The maximum Gasteiger partial charge on any atom is 0.472 e. The number of phosphoric acid groups is 2. The van der Waals surface area contributed by atoms with Crippen molar-refractivity contribution in [3.8, 4) is 0 Å². The van der Waals surface area contributed by atoms with Crippen molar-refractivity contribution in [3.63, 3.8) is 0 Å². The second kappa shape index (κ2) is 71.0. The van der Waals surface area contributed by atoms with Crippen LogP contribution >= 0.6 is 15.6 Å². The van der Waals surface area contributed by atoms with Crippen molar-refractivity contribution < 1.29 is 80.2 Å². The van der Waals surface area contributed by atoms with E-state index in [0.29, 0.717) is 25.7 Å². The summed E-state index contributed by atoms with van der Waals surface area (Å²) < 4.78 is 68.5. The number of carbonyl (C=O) groups excluding carboxylic acids is 4. The second-order valence-corrected chi connectivity index (χ2v) is 29.9. The Morgan fingerprint density at radius 2 is 0.479 bits per heavy atom. The average molecular weight is 1410 g/mol. The van der Waals surface area contributed by atoms with E-state index in [4.69, 9.17) is 37.0 Å². The first kappa shape index (κ1) is 93.5. The lowest BCUT2D eigenvalue weighted by Gasteiger charge is -2.21. The summed E-state index contributed by atoms with van der Waals surface area (Å²) >= 11 is 0. The van der Waals surface area contributed by atoms with Crippen LogP contribution in [-0.4, -0.2) is 96.7 Å². The van der Waals surface area contributed by atoms with E-state index in [1.54, 1.807) is 0 Å². The molecule has 5 atom stereocenters. The summed E-state index contributed by atoms with van der Waals surface area (Å²) in [4.78, 5) is 72.9. The Balaban J connectivity index is 5.28. The monoisotopic (exact) mass is 1410 g/mol. The SMILES string of the molecule is CCCCCC/C=C\CCCCCCCC(=O)OC(COC(=O)CCCCCCC/C=C\CCCCCCCC)COP(=O)(O)OCC(O)COP(=O)(O)OCC(COC(=O)CCCCCCCCCCCCCCCCC)OC(=O)CCCCCCCCCCCCCCC. The van der Waals surface area contributed by atoms with Gasteiger partial charge in [-0.2, -0.15) is 0 Å². The minimum absolute atomic E-state index is 0.0906. The largest absolute Gasteiger partial charge is 0.472 e. The van der Waals surface area contributed by atoms with E-state index in [0.717, 1.165) is 122 Å². The predicted octanol–water partition coefficient (Wildman–Crippen LogP) is 22.6. The molecule has 0 aliphatic heterocycles. The third kappa shape index (κ3) is 70.0. The van der Waals surface area contributed by atoms with Crippen molar-refractivity contribution in [2.45, 2.75) is 406 Å². The molecule has 3 N–H and O–H groups in total. The zero-order valence-corrected chi connectivity index (χ0v) is 63.6. The Bertz CT molecular complexity index is 1920. The van der Waals surface area contributed by atoms with Crippen LogP contribution in [0.5, 0.6) is 0 Å². The zero-order valence-electron chi connectivity index (χ0n) is 61.8. The highest BCUT2D eigenvalue weighted by atomic mass is 31.2. The number of ether oxygens (including phenoxy) is 4. The Morgan fingerprint density at radius 1 is 0.281 bits per heavy atom. The number of aliphatic hydroxyl groups is 1. The number of carbonyl (C=O) groups is 4. The number of hydrogen-bond acceptors (Lipinski definition) is 15. The van der Waals surface area contributed by atoms with Gasteiger partial charge in [0.05, 0.1) is 26.4 Å². The van der Waals surface area contributed by atoms with Gasteiger partial charge in [0.25, 0.3) is 0 Å². The Kier molecular flexibility index (Phi) is 69.1. The number of aliphatic hydroxyl groups excluding tert-OH is 1. The summed E-state index contributed by atoms with van der Waals surface area (Å²) in [6.07, 6.45) is 64.4. The standard InChI is InChI=1S/C77H146O17P2/c1-5-9-13-17-21-25-29-33-35-39-41-45-49-53-57-61-74(79)87-67-72(93-76(81)63-59-55-51-47-43-37-31-27-23-19-15-11-7-3)69-91-95(83,84)89-65-71(78)66-90-96(85,86)92-70-73(94-77(82)64-60-56-52-48-44-38-32-28-24-20-16-12-8-4)68-88-75(80)62-58-54-50-46-42-40-36-34-30-26-22-18-14-10-6-2/h27,31,33,35,71-73,78H,5-26,28-30,32,34,36-70H2,1-4H3,(H,83,84)(H,85,86)/b31-27-,35-33-. The molecule has 0 radical (unpaired) electrons. The molecule has 0 bridgehead atoms. The highest BCUT2D eigenvalue weighted by Crippen LogP contribution is 2.45. The van der Waals surface area contributed by atoms with Crippen molar-refractivity contribution in [3.05, 3.63) is 24.3 Å². The summed E-state index contributed by atoms with van der Waals surface area (Å²) in [7, 11) is -9.92. The first-order chi connectivity index (χ1) is 46.7. The summed E-state index contributed by atoms with van der Waals surface area (Å²) in [5.41, 5.74) is 0. The molecule has 19 heteroatoms. The van der Waals surface area contributed by atoms with E-state index >= 15 is 0 Å². The second-order valence-electron chi connectivity index (χ2n) is 27.0. The third-order valence-electron chi connectivity index (χ3n) is 17.4. The fraction of sp³-hybridized carbons (Fsp3) is 0.896. The quantitative estimate of drug-likeness (QED) is 0.0169. The molecule has 0 aliphatic carbocycles. The van der Waals surface area contributed by atoms with E-state index in [1.807, 2.05) is 0 Å². The molecule has 0 fully saturated rings. The van der Waals surface area contributed by atoms with Crippen LogP contribution in [0, 0.1) is 0 Å². The van der Waals surface area contributed by atoms with Crippen LogP contribution in [0.25, 0.3) is 0 Å². The molecule has 0 aromatic heterocycles. The van der Waals surface area contributed by atoms with Gasteiger partial charge in [0.15, 0.2) is 12.2 Å². The molecule has 0 aliphatic rings. The molecule has 5 unspecified atom stereocenters. The molecule has 0 amide bonds. The van der Waals surface area contributed by atoms with Gasteiger partial charge in [-0.25, -0.2) is 9.13 Å². The fourth-order valence-electron chi connectivity index (χ4n) is 11.3. The van der Waals surface area contributed by atoms with Crippen molar-refractivity contribution in [2.75, 3.05) is 39.6 Å². The fourth-order valence-corrected chi connectivity index (χ4v) is 12.9. The first-order valence-corrected chi connectivity index (χ1v) is 42.6. The van der Waals surface area contributed by atoms with Crippen LogP contribution in [0.2, 0.25) is 0 Å². The Hall–Kier alpha value is -2.46. The Morgan fingerprint density at radius 3 is 0.729 bits per heavy atom. The molecule has 0 aromatic rings. The lowest BCUT2D eigenvalue weighted by molar-refractivity contribution is -0.161. The molecule has 0 saturated carbocycles. The molecule has 0 rings (SSSR count). The molecule has 0 heterocycles. The smallest absolute Gasteiger partial charge is 0.462 e. The number of esters is 4. The first-order valence-electron chi connectivity index (χ1n) is 39.6. The van der Waals surface area contributed by atoms with Gasteiger partial charge in [-0.1, -0.05) is 309 Å². The number of phosphoric ester groups is 2. The number of hydrogen-bond donors (Lipinski definition) is 3. The zero-order chi connectivity index (χ0) is 70.4.